The van der Waals surface area contributed by atoms with E-state index in [1.54, 1.807) is 6.92 Å². The average Bonchev–Trinajstić information content (AvgIpc) is 3.15. The number of carbonyl (C=O) groups is 3. The number of nitrogens with one attached hydrogen (secondary N) is 1. The molecule has 2 N–H and O–H groups in total. The summed E-state index contributed by atoms with van der Waals surface area (Å²) in [6.45, 7) is 9.94. The van der Waals surface area contributed by atoms with Crippen LogP contribution in [0.4, 0.5) is 4.79 Å². The number of Topliss-reactive ketones (excluding diaryl/α,β-unsaturated/α-hetero) is 1. The zero-order valence-electron chi connectivity index (χ0n) is 21.4. The Kier molecular flexibility index (Phi) is 7.36. The lowest BCUT2D eigenvalue weighted by Gasteiger charge is -2.39. The van der Waals surface area contributed by atoms with Gasteiger partial charge in [-0.3, -0.25) is 19.7 Å². The van der Waals surface area contributed by atoms with E-state index in [-0.39, 0.29) is 35.7 Å². The van der Waals surface area contributed by atoms with Gasteiger partial charge in [-0.2, -0.15) is 0 Å². The van der Waals surface area contributed by atoms with E-state index in [1.807, 2.05) is 38.1 Å². The molecule has 36 heavy (non-hydrogen) atoms. The number of imide groups is 1. The van der Waals surface area contributed by atoms with Gasteiger partial charge < -0.3 is 14.6 Å². The predicted octanol–water partition coefficient (Wildman–Crippen LogP) is 5.43. The molecule has 0 saturated carbocycles. The molecule has 2 unspecified atom stereocenters. The Balaban J connectivity index is 1.53. The number of phenolic OH excluding ortho intramolecular Hbond substituents is 1. The van der Waals surface area contributed by atoms with E-state index >= 15 is 0 Å². The molecule has 0 bridgehead atoms. The quantitative estimate of drug-likeness (QED) is 0.487. The summed E-state index contributed by atoms with van der Waals surface area (Å²) in [5.74, 6) is 1.46. The Labute approximate surface area is 215 Å². The highest BCUT2D eigenvalue weighted by atomic mass is 32.2. The summed E-state index contributed by atoms with van der Waals surface area (Å²) in [5.41, 5.74) is 2.62. The van der Waals surface area contributed by atoms with Crippen molar-refractivity contribution in [3.8, 4) is 17.2 Å². The molecule has 0 spiro atoms. The molecule has 8 heteroatoms. The zero-order valence-corrected chi connectivity index (χ0v) is 22.2. The van der Waals surface area contributed by atoms with Crippen molar-refractivity contribution in [1.29, 1.82) is 0 Å². The fourth-order valence-electron chi connectivity index (χ4n) is 4.72. The van der Waals surface area contributed by atoms with Crippen LogP contribution >= 0.6 is 11.8 Å². The molecule has 2 amide bonds. The van der Waals surface area contributed by atoms with Crippen LogP contribution in [-0.2, 0) is 11.2 Å². The van der Waals surface area contributed by atoms with Gasteiger partial charge in [0.25, 0.3) is 5.24 Å². The van der Waals surface area contributed by atoms with E-state index in [9.17, 15) is 19.5 Å². The molecule has 4 rings (SSSR count). The van der Waals surface area contributed by atoms with Gasteiger partial charge in [-0.15, -0.1) is 0 Å². The maximum absolute atomic E-state index is 13.3. The van der Waals surface area contributed by atoms with Crippen LogP contribution in [0.5, 0.6) is 17.2 Å². The van der Waals surface area contributed by atoms with Gasteiger partial charge >= 0.3 is 0 Å². The van der Waals surface area contributed by atoms with Gasteiger partial charge in [-0.1, -0.05) is 37.7 Å². The lowest BCUT2D eigenvalue weighted by molar-refractivity contribution is -0.118. The minimum atomic E-state index is -0.813. The first-order valence-electron chi connectivity index (χ1n) is 12.3. The second kappa shape index (κ2) is 10.2. The Morgan fingerprint density at radius 2 is 1.81 bits per heavy atom. The number of ether oxygens (including phenoxy) is 2. The third-order valence-corrected chi connectivity index (χ3v) is 8.07. The average molecular weight is 512 g/mol. The van der Waals surface area contributed by atoms with Gasteiger partial charge in [-0.25, -0.2) is 0 Å². The summed E-state index contributed by atoms with van der Waals surface area (Å²) in [6, 6.07) is 7.44. The smallest absolute Gasteiger partial charge is 0.286 e. The summed E-state index contributed by atoms with van der Waals surface area (Å²) in [6.07, 6.45) is 2.17. The molecule has 0 radical (unpaired) electrons. The maximum Gasteiger partial charge on any atom is 0.286 e. The van der Waals surface area contributed by atoms with Crippen molar-refractivity contribution in [2.24, 2.45) is 5.92 Å². The second-order valence-corrected chi connectivity index (χ2v) is 11.4. The standard InChI is InChI=1S/C28H33NO6S/c1-15(2)10-11-28(13-21(30)23-18(5)24(31)16(3)17(4)25(23)35-28)14-34-20-8-6-19(7-9-20)12-22-26(32)29-27(33)36-22/h6-9,15,22,31H,10-14H2,1-5H3,(H,29,32,33). The van der Waals surface area contributed by atoms with Crippen LogP contribution in [0.2, 0.25) is 0 Å². The van der Waals surface area contributed by atoms with E-state index in [0.717, 1.165) is 29.3 Å². The molecule has 1 saturated heterocycles. The highest BCUT2D eigenvalue weighted by Gasteiger charge is 2.43. The topological polar surface area (TPSA) is 102 Å². The Morgan fingerprint density at radius 1 is 1.11 bits per heavy atom. The lowest BCUT2D eigenvalue weighted by Crippen LogP contribution is -2.47. The molecule has 2 aliphatic heterocycles. The Hall–Kier alpha value is -3.00. The van der Waals surface area contributed by atoms with E-state index in [0.29, 0.717) is 46.9 Å². The van der Waals surface area contributed by atoms with Gasteiger partial charge in [-0.05, 0) is 74.8 Å². The number of hydrogen-bond acceptors (Lipinski definition) is 7. The second-order valence-electron chi connectivity index (χ2n) is 10.3. The molecular weight excluding hydrogens is 478 g/mol. The SMILES string of the molecule is Cc1c(C)c2c(c(C)c1O)C(=O)CC(CCC(C)C)(COc1ccc(CC3SC(=O)NC3=O)cc1)O2. The highest BCUT2D eigenvalue weighted by molar-refractivity contribution is 8.15. The van der Waals surface area contributed by atoms with Gasteiger partial charge in [0.15, 0.2) is 11.4 Å². The Morgan fingerprint density at radius 3 is 2.42 bits per heavy atom. The molecule has 7 nitrogen and oxygen atoms in total. The molecular formula is C28H33NO6S. The van der Waals surface area contributed by atoms with Gasteiger partial charge in [0.2, 0.25) is 5.91 Å². The molecule has 2 aromatic rings. The highest BCUT2D eigenvalue weighted by Crippen LogP contribution is 2.45. The largest absolute Gasteiger partial charge is 0.507 e. The lowest BCUT2D eigenvalue weighted by atomic mass is 9.82. The van der Waals surface area contributed by atoms with E-state index in [2.05, 4.69) is 19.2 Å². The first-order chi connectivity index (χ1) is 17.0. The summed E-state index contributed by atoms with van der Waals surface area (Å²) >= 11 is 1.01. The van der Waals surface area contributed by atoms with Crippen molar-refractivity contribution in [2.75, 3.05) is 6.61 Å². The van der Waals surface area contributed by atoms with E-state index < -0.39 is 10.9 Å². The van der Waals surface area contributed by atoms with E-state index in [1.165, 1.54) is 0 Å². The number of ketones is 1. The van der Waals surface area contributed by atoms with Crippen LogP contribution < -0.4 is 14.8 Å². The number of fused-ring (bicyclic) bond motifs is 1. The van der Waals surface area contributed by atoms with Gasteiger partial charge in [0, 0.05) is 5.56 Å². The number of rotatable bonds is 8. The van der Waals surface area contributed by atoms with Crippen LogP contribution in [-0.4, -0.2) is 39.5 Å². The normalized spacial score (nSPS) is 21.4. The number of thioether (sulfide) groups is 1. The molecule has 1 fully saturated rings. The molecule has 0 aromatic heterocycles. The fourth-order valence-corrected chi connectivity index (χ4v) is 5.58. The van der Waals surface area contributed by atoms with Gasteiger partial charge in [0.1, 0.15) is 23.9 Å². The van der Waals surface area contributed by atoms with Crippen LogP contribution in [0.25, 0.3) is 0 Å². The summed E-state index contributed by atoms with van der Waals surface area (Å²) in [4.78, 5) is 36.6. The summed E-state index contributed by atoms with van der Waals surface area (Å²) in [5, 5.41) is 12.1. The van der Waals surface area contributed by atoms with Crippen molar-refractivity contribution >= 4 is 28.7 Å². The minimum Gasteiger partial charge on any atom is -0.507 e. The van der Waals surface area contributed by atoms with Crippen molar-refractivity contribution in [2.45, 2.75) is 71.2 Å². The number of hydrogen-bond donors (Lipinski definition) is 2. The number of phenols is 1. The number of benzene rings is 2. The van der Waals surface area contributed by atoms with Crippen LogP contribution in [0, 0.1) is 26.7 Å². The monoisotopic (exact) mass is 511 g/mol. The zero-order chi connectivity index (χ0) is 26.2. The Bertz CT molecular complexity index is 1210. The van der Waals surface area contributed by atoms with Gasteiger partial charge in [0.05, 0.1) is 17.2 Å². The predicted molar refractivity (Wildman–Crippen MR) is 139 cm³/mol. The van der Waals surface area contributed by atoms with Crippen molar-refractivity contribution < 1.29 is 29.0 Å². The molecule has 192 valence electrons. The van der Waals surface area contributed by atoms with Crippen LogP contribution in [0.1, 0.15) is 65.7 Å². The fraction of sp³-hybridized carbons (Fsp3) is 0.464. The molecule has 0 aliphatic carbocycles. The summed E-state index contributed by atoms with van der Waals surface area (Å²) in [7, 11) is 0. The van der Waals surface area contributed by atoms with Crippen LogP contribution in [0.15, 0.2) is 24.3 Å². The third-order valence-electron chi connectivity index (χ3n) is 7.09. The third kappa shape index (κ3) is 5.24. The molecule has 2 aromatic carbocycles. The number of carbonyl (C=O) groups excluding carboxylic acids is 3. The molecule has 2 heterocycles. The van der Waals surface area contributed by atoms with E-state index in [4.69, 9.17) is 9.47 Å². The first kappa shape index (κ1) is 26.1. The van der Waals surface area contributed by atoms with Crippen molar-refractivity contribution in [3.63, 3.8) is 0 Å². The van der Waals surface area contributed by atoms with Crippen molar-refractivity contribution in [1.82, 2.24) is 5.32 Å². The minimum absolute atomic E-state index is 0.0447. The number of amides is 2. The van der Waals surface area contributed by atoms with Crippen LogP contribution in [0.3, 0.4) is 0 Å². The first-order valence-corrected chi connectivity index (χ1v) is 13.2. The van der Waals surface area contributed by atoms with Crippen molar-refractivity contribution in [3.05, 3.63) is 52.1 Å². The summed E-state index contributed by atoms with van der Waals surface area (Å²) < 4.78 is 12.8. The molecule has 2 atom stereocenters. The maximum atomic E-state index is 13.3. The molecule has 2 aliphatic rings. The number of aromatic hydroxyl groups is 1.